The van der Waals surface area contributed by atoms with E-state index < -0.39 is 0 Å². The summed E-state index contributed by atoms with van der Waals surface area (Å²) < 4.78 is 3.25. The van der Waals surface area contributed by atoms with E-state index in [0.717, 1.165) is 5.69 Å². The lowest BCUT2D eigenvalue weighted by molar-refractivity contribution is 0.102. The largest absolute Gasteiger partial charge is 0.305 e. The molecule has 1 amide bonds. The van der Waals surface area contributed by atoms with E-state index >= 15 is 0 Å². The summed E-state index contributed by atoms with van der Waals surface area (Å²) in [6, 6.07) is 8.82. The highest BCUT2D eigenvalue weighted by molar-refractivity contribution is 6.03. The van der Waals surface area contributed by atoms with Crippen molar-refractivity contribution in [2.24, 2.45) is 7.05 Å². The van der Waals surface area contributed by atoms with Crippen molar-refractivity contribution in [1.82, 2.24) is 24.5 Å². The molecule has 2 heterocycles. The third-order valence-electron chi connectivity index (χ3n) is 2.77. The molecule has 0 saturated heterocycles. The predicted molar refractivity (Wildman–Crippen MR) is 72.5 cm³/mol. The van der Waals surface area contributed by atoms with Gasteiger partial charge in [0.25, 0.3) is 5.91 Å². The van der Waals surface area contributed by atoms with E-state index in [1.54, 1.807) is 47.1 Å². The fourth-order valence-corrected chi connectivity index (χ4v) is 1.78. The molecule has 3 aromatic rings. The molecule has 0 radical (unpaired) electrons. The van der Waals surface area contributed by atoms with Crippen LogP contribution in [0.3, 0.4) is 0 Å². The lowest BCUT2D eigenvalue weighted by atomic mass is 10.2. The fraction of sp³-hybridized carbons (Fsp3) is 0.0769. The maximum atomic E-state index is 12.0. The Morgan fingerprint density at radius 3 is 2.60 bits per heavy atom. The van der Waals surface area contributed by atoms with Gasteiger partial charge in [-0.1, -0.05) is 0 Å². The van der Waals surface area contributed by atoms with Crippen LogP contribution < -0.4 is 5.32 Å². The molecule has 0 fully saturated rings. The molecule has 7 heteroatoms. The summed E-state index contributed by atoms with van der Waals surface area (Å²) in [5, 5.41) is 10.8. The average molecular weight is 268 g/mol. The van der Waals surface area contributed by atoms with E-state index in [1.807, 2.05) is 12.1 Å². The monoisotopic (exact) mass is 268 g/mol. The van der Waals surface area contributed by atoms with E-state index in [9.17, 15) is 4.79 Å². The maximum absolute atomic E-state index is 12.0. The Labute approximate surface area is 114 Å². The minimum Gasteiger partial charge on any atom is -0.305 e. The second-order valence-electron chi connectivity index (χ2n) is 4.22. The van der Waals surface area contributed by atoms with Crippen LogP contribution in [-0.2, 0) is 7.05 Å². The number of hydrogen-bond acceptors (Lipinski definition) is 4. The summed E-state index contributed by atoms with van der Waals surface area (Å²) in [5.74, 6) is 0.326. The van der Waals surface area contributed by atoms with Crippen LogP contribution in [0.25, 0.3) is 5.69 Å². The van der Waals surface area contributed by atoms with Crippen LogP contribution >= 0.6 is 0 Å². The summed E-state index contributed by atoms with van der Waals surface area (Å²) >= 11 is 0. The molecular weight excluding hydrogens is 256 g/mol. The first-order valence-corrected chi connectivity index (χ1v) is 5.98. The zero-order chi connectivity index (χ0) is 13.9. The predicted octanol–water partition coefficient (Wildman–Crippen LogP) is 1.25. The Morgan fingerprint density at radius 2 is 2.00 bits per heavy atom. The molecule has 1 aromatic carbocycles. The molecule has 0 aliphatic rings. The summed E-state index contributed by atoms with van der Waals surface area (Å²) in [5.41, 5.74) is 1.40. The molecule has 0 bridgehead atoms. The molecule has 20 heavy (non-hydrogen) atoms. The number of aryl methyl sites for hydroxylation is 1. The third-order valence-corrected chi connectivity index (χ3v) is 2.77. The molecule has 0 atom stereocenters. The number of benzene rings is 1. The number of nitrogens with one attached hydrogen (secondary N) is 1. The normalized spacial score (nSPS) is 10.4. The van der Waals surface area contributed by atoms with Gasteiger partial charge in [0.05, 0.1) is 5.69 Å². The maximum Gasteiger partial charge on any atom is 0.256 e. The van der Waals surface area contributed by atoms with E-state index in [0.29, 0.717) is 11.4 Å². The van der Waals surface area contributed by atoms with Gasteiger partial charge in [0.15, 0.2) is 5.82 Å². The zero-order valence-corrected chi connectivity index (χ0v) is 10.8. The summed E-state index contributed by atoms with van der Waals surface area (Å²) in [4.78, 5) is 15.9. The zero-order valence-electron chi connectivity index (χ0n) is 10.8. The number of carbonyl (C=O) groups excluding carboxylic acids is 1. The Morgan fingerprint density at radius 1 is 1.20 bits per heavy atom. The van der Waals surface area contributed by atoms with Crippen LogP contribution in [0.1, 0.15) is 10.4 Å². The molecular formula is C13H12N6O. The van der Waals surface area contributed by atoms with Gasteiger partial charge in [-0.05, 0) is 24.3 Å². The Balaban J connectivity index is 1.75. The van der Waals surface area contributed by atoms with Gasteiger partial charge in [-0.25, -0.2) is 9.67 Å². The van der Waals surface area contributed by atoms with Crippen LogP contribution in [0.2, 0.25) is 0 Å². The highest BCUT2D eigenvalue weighted by Gasteiger charge is 2.08. The van der Waals surface area contributed by atoms with Crippen molar-refractivity contribution in [3.63, 3.8) is 0 Å². The van der Waals surface area contributed by atoms with E-state index in [1.165, 1.54) is 6.33 Å². The van der Waals surface area contributed by atoms with Gasteiger partial charge in [-0.2, -0.15) is 10.2 Å². The quantitative estimate of drug-likeness (QED) is 0.775. The van der Waals surface area contributed by atoms with Crippen LogP contribution in [-0.4, -0.2) is 30.5 Å². The number of aromatic nitrogens is 5. The second kappa shape index (κ2) is 4.96. The lowest BCUT2D eigenvalue weighted by Gasteiger charge is -2.04. The molecule has 0 aliphatic heterocycles. The fourth-order valence-electron chi connectivity index (χ4n) is 1.78. The molecule has 2 aromatic heterocycles. The van der Waals surface area contributed by atoms with E-state index in [2.05, 4.69) is 20.5 Å². The van der Waals surface area contributed by atoms with Crippen molar-refractivity contribution in [3.8, 4) is 5.69 Å². The molecule has 1 N–H and O–H groups in total. The van der Waals surface area contributed by atoms with Crippen molar-refractivity contribution in [2.45, 2.75) is 0 Å². The van der Waals surface area contributed by atoms with Gasteiger partial charge in [-0.3, -0.25) is 9.48 Å². The van der Waals surface area contributed by atoms with E-state index in [4.69, 9.17) is 0 Å². The molecule has 100 valence electrons. The number of hydrogen-bond donors (Lipinski definition) is 1. The molecule has 0 saturated carbocycles. The highest BCUT2D eigenvalue weighted by Crippen LogP contribution is 2.10. The number of nitrogens with zero attached hydrogens (tertiary/aromatic N) is 5. The Kier molecular flexibility index (Phi) is 3.00. The third kappa shape index (κ3) is 2.41. The molecule has 0 spiro atoms. The Bertz CT molecular complexity index is 714. The van der Waals surface area contributed by atoms with Crippen LogP contribution in [0.15, 0.2) is 49.2 Å². The first kappa shape index (κ1) is 12.1. The topological polar surface area (TPSA) is 77.6 Å². The Hall–Kier alpha value is -2.96. The first-order valence-electron chi connectivity index (χ1n) is 5.98. The van der Waals surface area contributed by atoms with Crippen molar-refractivity contribution in [2.75, 3.05) is 5.32 Å². The number of carbonyl (C=O) groups is 1. The van der Waals surface area contributed by atoms with Crippen molar-refractivity contribution >= 4 is 11.7 Å². The summed E-state index contributed by atoms with van der Waals surface area (Å²) in [6.45, 7) is 0. The van der Waals surface area contributed by atoms with Crippen LogP contribution in [0.5, 0.6) is 0 Å². The first-order chi connectivity index (χ1) is 9.72. The SMILES string of the molecule is Cn1ccc(NC(=O)c2ccc(-n3cncn3)cc2)n1. The standard InChI is InChI=1S/C13H12N6O/c1-18-7-6-12(17-18)16-13(20)10-2-4-11(5-3-10)19-9-14-8-15-19/h2-9H,1H3,(H,16,17,20). The number of amides is 1. The van der Waals surface area contributed by atoms with Gasteiger partial charge in [-0.15, -0.1) is 0 Å². The average Bonchev–Trinajstić information content (AvgIpc) is 3.11. The molecule has 7 nitrogen and oxygen atoms in total. The van der Waals surface area contributed by atoms with Gasteiger partial charge >= 0.3 is 0 Å². The van der Waals surface area contributed by atoms with Crippen molar-refractivity contribution in [1.29, 1.82) is 0 Å². The van der Waals surface area contributed by atoms with E-state index in [-0.39, 0.29) is 5.91 Å². The highest BCUT2D eigenvalue weighted by atomic mass is 16.1. The molecule has 0 unspecified atom stereocenters. The summed E-state index contributed by atoms with van der Waals surface area (Å²) in [7, 11) is 1.79. The van der Waals surface area contributed by atoms with Crippen LogP contribution in [0.4, 0.5) is 5.82 Å². The summed E-state index contributed by atoms with van der Waals surface area (Å²) in [6.07, 6.45) is 4.83. The second-order valence-corrected chi connectivity index (χ2v) is 4.22. The van der Waals surface area contributed by atoms with Gasteiger partial charge in [0, 0.05) is 24.9 Å². The minimum absolute atomic E-state index is 0.200. The minimum atomic E-state index is -0.200. The van der Waals surface area contributed by atoms with Gasteiger partial charge in [0.1, 0.15) is 12.7 Å². The van der Waals surface area contributed by atoms with Crippen LogP contribution in [0, 0.1) is 0 Å². The number of rotatable bonds is 3. The van der Waals surface area contributed by atoms with Gasteiger partial charge in [0.2, 0.25) is 0 Å². The van der Waals surface area contributed by atoms with Crippen molar-refractivity contribution < 1.29 is 4.79 Å². The van der Waals surface area contributed by atoms with Gasteiger partial charge < -0.3 is 5.32 Å². The smallest absolute Gasteiger partial charge is 0.256 e. The molecule has 0 aliphatic carbocycles. The number of anilines is 1. The lowest BCUT2D eigenvalue weighted by Crippen LogP contribution is -2.12. The van der Waals surface area contributed by atoms with Crippen molar-refractivity contribution in [3.05, 3.63) is 54.7 Å². The molecule has 3 rings (SSSR count).